The highest BCUT2D eigenvalue weighted by Gasteiger charge is 2.40. The van der Waals surface area contributed by atoms with Crippen molar-refractivity contribution in [3.63, 3.8) is 0 Å². The fraction of sp³-hybridized carbons (Fsp3) is 0.467. The van der Waals surface area contributed by atoms with Crippen LogP contribution in [0.3, 0.4) is 0 Å². The number of aliphatic hydroxyl groups excluding tert-OH is 1. The number of nitrogens with zero attached hydrogens (tertiary/aromatic N) is 1. The molecule has 1 aromatic rings. The number of amides is 2. The van der Waals surface area contributed by atoms with Crippen LogP contribution in [0.4, 0.5) is 0 Å². The van der Waals surface area contributed by atoms with Crippen LogP contribution in [0, 0.1) is 5.92 Å². The summed E-state index contributed by atoms with van der Waals surface area (Å²) in [6.45, 7) is 3.02. The minimum atomic E-state index is -3.89. The molecule has 2 amide bonds. The number of carbonyl (C=O) groups is 2. The van der Waals surface area contributed by atoms with Crippen LogP contribution in [0.15, 0.2) is 23.1 Å². The molecule has 1 fully saturated rings. The van der Waals surface area contributed by atoms with Crippen molar-refractivity contribution in [2.75, 3.05) is 26.2 Å². The Kier molecular flexibility index (Phi) is 4.33. The summed E-state index contributed by atoms with van der Waals surface area (Å²) in [7, 11) is -3.89. The quantitative estimate of drug-likeness (QED) is 0.650. The van der Waals surface area contributed by atoms with Crippen LogP contribution in [0.5, 0.6) is 0 Å². The van der Waals surface area contributed by atoms with E-state index in [2.05, 4.69) is 10.6 Å². The van der Waals surface area contributed by atoms with E-state index in [1.165, 1.54) is 18.2 Å². The lowest BCUT2D eigenvalue weighted by molar-refractivity contribution is 0.0873. The predicted molar refractivity (Wildman–Crippen MR) is 85.0 cm³/mol. The van der Waals surface area contributed by atoms with Gasteiger partial charge in [-0.05, 0) is 25.1 Å². The van der Waals surface area contributed by atoms with E-state index in [0.717, 1.165) is 4.31 Å². The van der Waals surface area contributed by atoms with Crippen molar-refractivity contribution in [3.05, 3.63) is 29.3 Å². The molecule has 3 rings (SSSR count). The molecule has 0 spiro atoms. The Morgan fingerprint density at radius 3 is 2.79 bits per heavy atom. The highest BCUT2D eigenvalue weighted by molar-refractivity contribution is 7.90. The third kappa shape index (κ3) is 2.68. The van der Waals surface area contributed by atoms with Gasteiger partial charge >= 0.3 is 0 Å². The van der Waals surface area contributed by atoms with E-state index in [4.69, 9.17) is 0 Å². The van der Waals surface area contributed by atoms with Gasteiger partial charge in [-0.1, -0.05) is 0 Å². The van der Waals surface area contributed by atoms with Gasteiger partial charge in [-0.2, -0.15) is 0 Å². The third-order valence-corrected chi connectivity index (χ3v) is 6.28. The normalized spacial score (nSPS) is 24.9. The molecule has 0 aliphatic carbocycles. The van der Waals surface area contributed by atoms with Crippen molar-refractivity contribution in [3.8, 4) is 0 Å². The van der Waals surface area contributed by atoms with Crippen LogP contribution in [0.2, 0.25) is 0 Å². The Bertz CT molecular complexity index is 792. The number of carbonyl (C=O) groups excluding carboxylic acids is 2. The summed E-state index contributed by atoms with van der Waals surface area (Å²) < 4.78 is 25.5. The Balaban J connectivity index is 1.80. The smallest absolute Gasteiger partial charge is 0.268 e. The molecular weight excluding hydrogens is 334 g/mol. The number of rotatable bonds is 4. The van der Waals surface area contributed by atoms with Crippen LogP contribution < -0.4 is 10.6 Å². The molecule has 8 nitrogen and oxygen atoms in total. The predicted octanol–water partition coefficient (Wildman–Crippen LogP) is -0.839. The van der Waals surface area contributed by atoms with Gasteiger partial charge in [0.15, 0.2) is 0 Å². The second-order valence-corrected chi connectivity index (χ2v) is 7.71. The molecule has 3 N–H and O–H groups in total. The zero-order valence-electron chi connectivity index (χ0n) is 13.2. The summed E-state index contributed by atoms with van der Waals surface area (Å²) in [6, 6.07) is 4.03. The Labute approximate surface area is 139 Å². The molecule has 2 aliphatic rings. The number of nitrogens with one attached hydrogen (secondary N) is 2. The molecule has 0 aromatic heterocycles. The molecule has 0 saturated carbocycles. The van der Waals surface area contributed by atoms with E-state index in [-0.39, 0.29) is 35.0 Å². The second kappa shape index (κ2) is 6.15. The molecule has 1 saturated heterocycles. The lowest BCUT2D eigenvalue weighted by Crippen LogP contribution is -2.34. The maximum Gasteiger partial charge on any atom is 0.268 e. The number of aliphatic hydroxyl groups is 1. The van der Waals surface area contributed by atoms with Crippen LogP contribution >= 0.6 is 0 Å². The molecule has 2 atom stereocenters. The first kappa shape index (κ1) is 16.9. The maximum absolute atomic E-state index is 12.3. The fourth-order valence-electron chi connectivity index (χ4n) is 2.98. The lowest BCUT2D eigenvalue weighted by Gasteiger charge is -2.14. The van der Waals surface area contributed by atoms with Crippen LogP contribution in [-0.4, -0.2) is 61.9 Å². The van der Waals surface area contributed by atoms with E-state index >= 15 is 0 Å². The molecule has 2 unspecified atom stereocenters. The summed E-state index contributed by atoms with van der Waals surface area (Å²) in [5, 5.41) is 15.4. The summed E-state index contributed by atoms with van der Waals surface area (Å²) in [5.41, 5.74) is 0.257. The van der Waals surface area contributed by atoms with Crippen LogP contribution in [0.25, 0.3) is 0 Å². The Morgan fingerprint density at radius 1 is 1.42 bits per heavy atom. The van der Waals surface area contributed by atoms with E-state index < -0.39 is 27.9 Å². The zero-order valence-corrected chi connectivity index (χ0v) is 14.0. The molecule has 9 heteroatoms. The molecule has 1 aromatic carbocycles. The van der Waals surface area contributed by atoms with Gasteiger partial charge in [0.1, 0.15) is 4.90 Å². The molecule has 0 bridgehead atoms. The van der Waals surface area contributed by atoms with Gasteiger partial charge in [0.05, 0.1) is 11.7 Å². The first-order valence-corrected chi connectivity index (χ1v) is 9.18. The van der Waals surface area contributed by atoms with Crippen molar-refractivity contribution in [1.29, 1.82) is 0 Å². The first-order chi connectivity index (χ1) is 11.4. The van der Waals surface area contributed by atoms with Crippen molar-refractivity contribution in [2.24, 2.45) is 5.92 Å². The molecule has 24 heavy (non-hydrogen) atoms. The van der Waals surface area contributed by atoms with Gasteiger partial charge in [0, 0.05) is 37.7 Å². The van der Waals surface area contributed by atoms with Crippen LogP contribution in [0.1, 0.15) is 27.6 Å². The number of benzene rings is 1. The lowest BCUT2D eigenvalue weighted by atomic mass is 10.1. The topological polar surface area (TPSA) is 116 Å². The molecule has 130 valence electrons. The summed E-state index contributed by atoms with van der Waals surface area (Å²) >= 11 is 0. The Hall–Kier alpha value is -1.97. The molecule has 2 aliphatic heterocycles. The summed E-state index contributed by atoms with van der Waals surface area (Å²) in [4.78, 5) is 24.2. The van der Waals surface area contributed by atoms with Gasteiger partial charge in [0.2, 0.25) is 0 Å². The minimum Gasteiger partial charge on any atom is -0.391 e. The average Bonchev–Trinajstić information content (AvgIpc) is 3.04. The SMILES string of the molecule is CCN1C(=O)c2ccc(C(=O)NCC3CNCC3O)cc2S1(=O)=O. The number of β-amino-alcohol motifs (C(OH)–C–C–N with tert-alkyl or cyclic N) is 1. The highest BCUT2D eigenvalue weighted by atomic mass is 32.2. The van der Waals surface area contributed by atoms with Crippen molar-refractivity contribution in [1.82, 2.24) is 14.9 Å². The number of hydrogen-bond donors (Lipinski definition) is 3. The van der Waals surface area contributed by atoms with Crippen molar-refractivity contribution >= 4 is 21.8 Å². The molecule has 2 heterocycles. The van der Waals surface area contributed by atoms with Crippen LogP contribution in [-0.2, 0) is 10.0 Å². The van der Waals surface area contributed by atoms with Gasteiger partial charge < -0.3 is 15.7 Å². The van der Waals surface area contributed by atoms with Gasteiger partial charge in [-0.15, -0.1) is 0 Å². The summed E-state index contributed by atoms with van der Waals surface area (Å²) in [5.74, 6) is -1.08. The maximum atomic E-state index is 12.3. The molecule has 0 radical (unpaired) electrons. The number of hydrogen-bond acceptors (Lipinski definition) is 6. The second-order valence-electron chi connectivity index (χ2n) is 5.88. The number of fused-ring (bicyclic) bond motifs is 1. The standard InChI is InChI=1S/C15H19N3O5S/c1-2-18-15(21)11-4-3-9(5-13(11)24(18,22)23)14(20)17-7-10-6-16-8-12(10)19/h3-5,10,12,16,19H,2,6-8H2,1H3,(H,17,20). The van der Waals surface area contributed by atoms with Crippen molar-refractivity contribution < 1.29 is 23.1 Å². The first-order valence-electron chi connectivity index (χ1n) is 7.74. The fourth-order valence-corrected chi connectivity index (χ4v) is 4.59. The largest absolute Gasteiger partial charge is 0.391 e. The van der Waals surface area contributed by atoms with E-state index in [1.807, 2.05) is 0 Å². The summed E-state index contributed by atoms with van der Waals surface area (Å²) in [6.07, 6.45) is -0.513. The zero-order chi connectivity index (χ0) is 17.5. The van der Waals surface area contributed by atoms with E-state index in [0.29, 0.717) is 13.1 Å². The van der Waals surface area contributed by atoms with Gasteiger partial charge in [-0.25, -0.2) is 12.7 Å². The van der Waals surface area contributed by atoms with Gasteiger partial charge in [-0.3, -0.25) is 9.59 Å². The monoisotopic (exact) mass is 353 g/mol. The average molecular weight is 353 g/mol. The minimum absolute atomic E-state index is 0.0456. The van der Waals surface area contributed by atoms with Gasteiger partial charge in [0.25, 0.3) is 21.8 Å². The highest BCUT2D eigenvalue weighted by Crippen LogP contribution is 2.30. The van der Waals surface area contributed by atoms with Crippen molar-refractivity contribution in [2.45, 2.75) is 17.9 Å². The van der Waals surface area contributed by atoms with E-state index in [9.17, 15) is 23.1 Å². The number of sulfonamides is 1. The molecular formula is C15H19N3O5S. The Morgan fingerprint density at radius 2 is 2.17 bits per heavy atom. The third-order valence-electron chi connectivity index (χ3n) is 4.38. The van der Waals surface area contributed by atoms with E-state index in [1.54, 1.807) is 6.92 Å².